The van der Waals surface area contributed by atoms with E-state index in [9.17, 15) is 0 Å². The van der Waals surface area contributed by atoms with Gasteiger partial charge in [-0.25, -0.2) is 0 Å². The maximum Gasteiger partial charge on any atom is 0.0186 e. The Hall–Kier alpha value is 0.270. The second-order valence-corrected chi connectivity index (χ2v) is 6.46. The highest BCUT2D eigenvalue weighted by atomic mass is 32.2. The SMILES string of the molecule is CCNC(CSCCN(CC)CC)C1CCCC1. The van der Waals surface area contributed by atoms with Crippen molar-refractivity contribution in [2.45, 2.75) is 52.5 Å². The molecule has 1 atom stereocenters. The van der Waals surface area contributed by atoms with Crippen LogP contribution in [0.3, 0.4) is 0 Å². The van der Waals surface area contributed by atoms with E-state index < -0.39 is 0 Å². The van der Waals surface area contributed by atoms with Crippen LogP contribution >= 0.6 is 11.8 Å². The van der Waals surface area contributed by atoms with Crippen LogP contribution < -0.4 is 5.32 Å². The second kappa shape index (κ2) is 10.1. The Morgan fingerprint density at radius 2 is 1.83 bits per heavy atom. The van der Waals surface area contributed by atoms with Crippen LogP contribution in [0.1, 0.15) is 46.5 Å². The summed E-state index contributed by atoms with van der Waals surface area (Å²) in [6.45, 7) is 11.5. The summed E-state index contributed by atoms with van der Waals surface area (Å²) in [4.78, 5) is 2.52. The summed E-state index contributed by atoms with van der Waals surface area (Å²) >= 11 is 2.14. The van der Waals surface area contributed by atoms with Crippen LogP contribution in [0.15, 0.2) is 0 Å². The zero-order valence-corrected chi connectivity index (χ0v) is 13.4. The molecule has 1 aliphatic carbocycles. The smallest absolute Gasteiger partial charge is 0.0186 e. The van der Waals surface area contributed by atoms with Gasteiger partial charge in [-0.3, -0.25) is 0 Å². The van der Waals surface area contributed by atoms with E-state index in [1.54, 1.807) is 0 Å². The van der Waals surface area contributed by atoms with Crippen molar-refractivity contribution in [3.63, 3.8) is 0 Å². The first-order valence-electron chi connectivity index (χ1n) is 7.85. The van der Waals surface area contributed by atoms with Crippen LogP contribution in [-0.2, 0) is 0 Å². The van der Waals surface area contributed by atoms with E-state index >= 15 is 0 Å². The molecular weight excluding hydrogens is 240 g/mol. The van der Waals surface area contributed by atoms with Gasteiger partial charge in [0.25, 0.3) is 0 Å². The van der Waals surface area contributed by atoms with Gasteiger partial charge in [-0.05, 0) is 38.4 Å². The monoisotopic (exact) mass is 272 g/mol. The predicted molar refractivity (Wildman–Crippen MR) is 84.5 cm³/mol. The van der Waals surface area contributed by atoms with Gasteiger partial charge in [0.1, 0.15) is 0 Å². The molecule has 1 aliphatic rings. The van der Waals surface area contributed by atoms with Crippen molar-refractivity contribution >= 4 is 11.8 Å². The third kappa shape index (κ3) is 5.94. The summed E-state index contributed by atoms with van der Waals surface area (Å²) in [7, 11) is 0. The normalized spacial score (nSPS) is 18.7. The van der Waals surface area contributed by atoms with Crippen LogP contribution in [-0.4, -0.2) is 48.6 Å². The molecule has 1 saturated carbocycles. The number of thioether (sulfide) groups is 1. The molecule has 1 N–H and O–H groups in total. The van der Waals surface area contributed by atoms with Crippen molar-refractivity contribution < 1.29 is 0 Å². The highest BCUT2D eigenvalue weighted by molar-refractivity contribution is 7.99. The lowest BCUT2D eigenvalue weighted by molar-refractivity contribution is 0.323. The van der Waals surface area contributed by atoms with E-state index in [0.717, 1.165) is 18.5 Å². The number of hydrogen-bond donors (Lipinski definition) is 1. The first kappa shape index (κ1) is 16.3. The van der Waals surface area contributed by atoms with Crippen molar-refractivity contribution in [2.75, 3.05) is 37.7 Å². The lowest BCUT2D eigenvalue weighted by Crippen LogP contribution is -2.37. The first-order chi connectivity index (χ1) is 8.81. The largest absolute Gasteiger partial charge is 0.313 e. The molecule has 0 heterocycles. The molecule has 0 aromatic heterocycles. The Morgan fingerprint density at radius 1 is 1.17 bits per heavy atom. The van der Waals surface area contributed by atoms with E-state index in [1.807, 2.05) is 0 Å². The van der Waals surface area contributed by atoms with Crippen molar-refractivity contribution in [1.29, 1.82) is 0 Å². The molecule has 0 aromatic rings. The molecule has 0 spiro atoms. The van der Waals surface area contributed by atoms with Crippen LogP contribution in [0.2, 0.25) is 0 Å². The fraction of sp³-hybridized carbons (Fsp3) is 1.00. The molecule has 1 fully saturated rings. The highest BCUT2D eigenvalue weighted by Gasteiger charge is 2.23. The van der Waals surface area contributed by atoms with Crippen molar-refractivity contribution in [3.05, 3.63) is 0 Å². The lowest BCUT2D eigenvalue weighted by Gasteiger charge is -2.24. The molecule has 0 aromatic carbocycles. The molecule has 18 heavy (non-hydrogen) atoms. The number of rotatable bonds is 10. The van der Waals surface area contributed by atoms with E-state index in [-0.39, 0.29) is 0 Å². The Labute approximate surface area is 118 Å². The molecule has 0 bridgehead atoms. The number of nitrogens with one attached hydrogen (secondary N) is 1. The van der Waals surface area contributed by atoms with Gasteiger partial charge < -0.3 is 10.2 Å². The zero-order chi connectivity index (χ0) is 13.2. The van der Waals surface area contributed by atoms with Gasteiger partial charge in [0, 0.05) is 24.1 Å². The Kier molecular flexibility index (Phi) is 9.16. The van der Waals surface area contributed by atoms with E-state index in [2.05, 4.69) is 42.7 Å². The summed E-state index contributed by atoms with van der Waals surface area (Å²) in [5.41, 5.74) is 0. The van der Waals surface area contributed by atoms with Crippen molar-refractivity contribution in [1.82, 2.24) is 10.2 Å². The fourth-order valence-electron chi connectivity index (χ4n) is 2.93. The molecule has 1 rings (SSSR count). The summed E-state index contributed by atoms with van der Waals surface area (Å²) in [6, 6.07) is 0.763. The third-order valence-electron chi connectivity index (χ3n) is 4.18. The van der Waals surface area contributed by atoms with E-state index in [1.165, 1.54) is 56.8 Å². The fourth-order valence-corrected chi connectivity index (χ4v) is 4.13. The highest BCUT2D eigenvalue weighted by Crippen LogP contribution is 2.29. The number of nitrogens with zero attached hydrogens (tertiary/aromatic N) is 1. The molecule has 0 radical (unpaired) electrons. The Balaban J connectivity index is 2.16. The Morgan fingerprint density at radius 3 is 2.39 bits per heavy atom. The van der Waals surface area contributed by atoms with Crippen molar-refractivity contribution in [3.8, 4) is 0 Å². The molecule has 0 amide bonds. The molecular formula is C15H32N2S. The minimum absolute atomic E-state index is 0.763. The van der Waals surface area contributed by atoms with Crippen LogP contribution in [0.25, 0.3) is 0 Å². The van der Waals surface area contributed by atoms with Crippen molar-refractivity contribution in [2.24, 2.45) is 5.92 Å². The number of hydrogen-bond acceptors (Lipinski definition) is 3. The summed E-state index contributed by atoms with van der Waals surface area (Å²) in [5.74, 6) is 3.54. The average Bonchev–Trinajstić information content (AvgIpc) is 2.91. The molecule has 0 aliphatic heterocycles. The van der Waals surface area contributed by atoms with Gasteiger partial charge in [0.2, 0.25) is 0 Å². The van der Waals surface area contributed by atoms with Crippen LogP contribution in [0.4, 0.5) is 0 Å². The molecule has 3 heteroatoms. The predicted octanol–water partition coefficient (Wildman–Crippen LogP) is 3.23. The lowest BCUT2D eigenvalue weighted by atomic mass is 10.00. The van der Waals surface area contributed by atoms with Gasteiger partial charge in [-0.1, -0.05) is 33.6 Å². The quantitative estimate of drug-likeness (QED) is 0.615. The van der Waals surface area contributed by atoms with Gasteiger partial charge >= 0.3 is 0 Å². The molecule has 2 nitrogen and oxygen atoms in total. The van der Waals surface area contributed by atoms with E-state index in [4.69, 9.17) is 0 Å². The minimum Gasteiger partial charge on any atom is -0.313 e. The Bertz CT molecular complexity index is 189. The third-order valence-corrected chi connectivity index (χ3v) is 5.24. The van der Waals surface area contributed by atoms with Gasteiger partial charge in [-0.15, -0.1) is 0 Å². The topological polar surface area (TPSA) is 15.3 Å². The summed E-state index contributed by atoms with van der Waals surface area (Å²) < 4.78 is 0. The first-order valence-corrected chi connectivity index (χ1v) is 9.00. The molecule has 0 saturated heterocycles. The minimum atomic E-state index is 0.763. The van der Waals surface area contributed by atoms with Gasteiger partial charge in [0.05, 0.1) is 0 Å². The standard InChI is InChI=1S/C15H32N2S/c1-4-16-15(14-9-7-8-10-14)13-18-12-11-17(5-2)6-3/h14-16H,4-13H2,1-3H3. The molecule has 108 valence electrons. The van der Waals surface area contributed by atoms with Crippen LogP contribution in [0, 0.1) is 5.92 Å². The van der Waals surface area contributed by atoms with Gasteiger partial charge in [0.15, 0.2) is 0 Å². The zero-order valence-electron chi connectivity index (χ0n) is 12.6. The van der Waals surface area contributed by atoms with Gasteiger partial charge in [-0.2, -0.15) is 11.8 Å². The molecule has 1 unspecified atom stereocenters. The summed E-state index contributed by atoms with van der Waals surface area (Å²) in [6.07, 6.45) is 5.82. The maximum atomic E-state index is 3.71. The average molecular weight is 273 g/mol. The van der Waals surface area contributed by atoms with E-state index in [0.29, 0.717) is 0 Å². The maximum absolute atomic E-state index is 3.71. The second-order valence-electron chi connectivity index (χ2n) is 5.31. The van der Waals surface area contributed by atoms with Crippen LogP contribution in [0.5, 0.6) is 0 Å². The summed E-state index contributed by atoms with van der Waals surface area (Å²) in [5, 5.41) is 3.71.